The number of thiophene rings is 1. The van der Waals surface area contributed by atoms with Crippen LogP contribution in [-0.4, -0.2) is 40.9 Å². The maximum absolute atomic E-state index is 12.5. The fourth-order valence-electron chi connectivity index (χ4n) is 3.72. The van der Waals surface area contributed by atoms with E-state index in [1.54, 1.807) is 11.3 Å². The zero-order valence-electron chi connectivity index (χ0n) is 12.3. The highest BCUT2D eigenvalue weighted by Gasteiger charge is 2.40. The number of fused-ring (bicyclic) bond motifs is 2. The van der Waals surface area contributed by atoms with Crippen LogP contribution in [0.15, 0.2) is 29.6 Å². The minimum absolute atomic E-state index is 0.0120. The second-order valence-corrected chi connectivity index (χ2v) is 7.10. The summed E-state index contributed by atoms with van der Waals surface area (Å²) in [6.45, 7) is 4.94. The van der Waals surface area contributed by atoms with E-state index in [0.29, 0.717) is 11.9 Å². The molecule has 4 rings (SSSR count). The largest absolute Gasteiger partial charge is 0.337 e. The molecule has 0 radical (unpaired) electrons. The number of hydrogen-bond donors (Lipinski definition) is 0. The SMILES string of the molecule is C[C@H]1C(=O)N2CCC[C@@H]2CN1Cc1csc2ccccc12. The van der Waals surface area contributed by atoms with Gasteiger partial charge in [0.15, 0.2) is 0 Å². The van der Waals surface area contributed by atoms with Gasteiger partial charge in [0.25, 0.3) is 0 Å². The first-order valence-corrected chi connectivity index (χ1v) is 8.61. The number of rotatable bonds is 2. The third-order valence-electron chi connectivity index (χ3n) is 4.95. The Morgan fingerprint density at radius 3 is 3.10 bits per heavy atom. The summed E-state index contributed by atoms with van der Waals surface area (Å²) in [5, 5.41) is 3.60. The molecule has 0 aliphatic carbocycles. The van der Waals surface area contributed by atoms with Crippen molar-refractivity contribution in [2.24, 2.45) is 0 Å². The minimum atomic E-state index is 0.0120. The van der Waals surface area contributed by atoms with Crippen molar-refractivity contribution < 1.29 is 4.79 Å². The van der Waals surface area contributed by atoms with Crippen molar-refractivity contribution in [3.05, 3.63) is 35.2 Å². The van der Waals surface area contributed by atoms with Gasteiger partial charge in [-0.1, -0.05) is 18.2 Å². The number of amides is 1. The van der Waals surface area contributed by atoms with E-state index in [2.05, 4.69) is 46.4 Å². The summed E-state index contributed by atoms with van der Waals surface area (Å²) in [6, 6.07) is 9.01. The molecule has 0 spiro atoms. The monoisotopic (exact) mass is 300 g/mol. The molecule has 2 atom stereocenters. The standard InChI is InChI=1S/C17H20N2OS/c1-12-17(20)19-8-4-5-14(19)10-18(12)9-13-11-21-16-7-3-2-6-15(13)16/h2-3,6-7,11-12,14H,4-5,8-10H2,1H3/t12-,14+/m0/s1. The predicted molar refractivity (Wildman–Crippen MR) is 86.4 cm³/mol. The number of benzene rings is 1. The van der Waals surface area contributed by atoms with E-state index in [9.17, 15) is 4.79 Å². The van der Waals surface area contributed by atoms with Gasteiger partial charge >= 0.3 is 0 Å². The molecule has 110 valence electrons. The maximum Gasteiger partial charge on any atom is 0.239 e. The van der Waals surface area contributed by atoms with Crippen molar-refractivity contribution in [2.75, 3.05) is 13.1 Å². The van der Waals surface area contributed by atoms with Gasteiger partial charge in [-0.15, -0.1) is 11.3 Å². The van der Waals surface area contributed by atoms with Crippen molar-refractivity contribution in [1.29, 1.82) is 0 Å². The van der Waals surface area contributed by atoms with Gasteiger partial charge in [-0.3, -0.25) is 9.69 Å². The summed E-state index contributed by atoms with van der Waals surface area (Å²) in [6.07, 6.45) is 2.33. The Kier molecular flexibility index (Phi) is 3.23. The Morgan fingerprint density at radius 1 is 1.33 bits per heavy atom. The molecule has 0 saturated carbocycles. The normalized spacial score (nSPS) is 26.5. The molecule has 2 aliphatic heterocycles. The van der Waals surface area contributed by atoms with Gasteiger partial charge in [0.2, 0.25) is 5.91 Å². The highest BCUT2D eigenvalue weighted by atomic mass is 32.1. The van der Waals surface area contributed by atoms with Crippen molar-refractivity contribution in [2.45, 2.75) is 38.4 Å². The molecule has 2 aromatic rings. The Labute approximate surface area is 129 Å². The van der Waals surface area contributed by atoms with Crippen LogP contribution in [0.2, 0.25) is 0 Å². The van der Waals surface area contributed by atoms with Crippen LogP contribution in [0.3, 0.4) is 0 Å². The topological polar surface area (TPSA) is 23.6 Å². The van der Waals surface area contributed by atoms with Crippen LogP contribution in [0.25, 0.3) is 10.1 Å². The summed E-state index contributed by atoms with van der Waals surface area (Å²) in [5.41, 5.74) is 1.36. The highest BCUT2D eigenvalue weighted by molar-refractivity contribution is 7.17. The predicted octanol–water partition coefficient (Wildman–Crippen LogP) is 3.10. The quantitative estimate of drug-likeness (QED) is 0.851. The van der Waals surface area contributed by atoms with E-state index in [1.807, 2.05) is 0 Å². The van der Waals surface area contributed by atoms with Crippen LogP contribution in [0, 0.1) is 0 Å². The van der Waals surface area contributed by atoms with E-state index >= 15 is 0 Å². The van der Waals surface area contributed by atoms with Crippen LogP contribution < -0.4 is 0 Å². The lowest BCUT2D eigenvalue weighted by Crippen LogP contribution is -2.58. The Hall–Kier alpha value is -1.39. The number of hydrogen-bond acceptors (Lipinski definition) is 3. The lowest BCUT2D eigenvalue weighted by molar-refractivity contribution is -0.143. The minimum Gasteiger partial charge on any atom is -0.337 e. The molecule has 2 fully saturated rings. The molecule has 0 bridgehead atoms. The maximum atomic E-state index is 12.5. The second-order valence-electron chi connectivity index (χ2n) is 6.19. The summed E-state index contributed by atoms with van der Waals surface area (Å²) in [4.78, 5) is 17.0. The molecule has 2 saturated heterocycles. The molecule has 3 nitrogen and oxygen atoms in total. The van der Waals surface area contributed by atoms with Crippen LogP contribution in [0.4, 0.5) is 0 Å². The molecule has 3 heterocycles. The first-order valence-electron chi connectivity index (χ1n) is 7.73. The van der Waals surface area contributed by atoms with Crippen LogP contribution in [0.5, 0.6) is 0 Å². The lowest BCUT2D eigenvalue weighted by atomic mass is 10.1. The second kappa shape index (κ2) is 5.11. The molecular formula is C17H20N2OS. The third-order valence-corrected chi connectivity index (χ3v) is 5.96. The van der Waals surface area contributed by atoms with E-state index in [-0.39, 0.29) is 6.04 Å². The van der Waals surface area contributed by atoms with Gasteiger partial charge in [-0.2, -0.15) is 0 Å². The Balaban J connectivity index is 1.60. The molecule has 21 heavy (non-hydrogen) atoms. The van der Waals surface area contributed by atoms with Crippen molar-refractivity contribution >= 4 is 27.3 Å². The number of carbonyl (C=O) groups excluding carboxylic acids is 1. The van der Waals surface area contributed by atoms with Gasteiger partial charge in [0.05, 0.1) is 6.04 Å². The molecule has 1 amide bonds. The van der Waals surface area contributed by atoms with Gasteiger partial charge < -0.3 is 4.90 Å². The van der Waals surface area contributed by atoms with Gasteiger partial charge in [-0.25, -0.2) is 0 Å². The Bertz CT molecular complexity index is 680. The fourth-order valence-corrected chi connectivity index (χ4v) is 4.67. The van der Waals surface area contributed by atoms with Crippen LogP contribution >= 0.6 is 11.3 Å². The van der Waals surface area contributed by atoms with Crippen LogP contribution in [-0.2, 0) is 11.3 Å². The van der Waals surface area contributed by atoms with Crippen molar-refractivity contribution in [3.63, 3.8) is 0 Å². The molecular weight excluding hydrogens is 280 g/mol. The lowest BCUT2D eigenvalue weighted by Gasteiger charge is -2.41. The Morgan fingerprint density at radius 2 is 2.19 bits per heavy atom. The molecule has 1 aromatic heterocycles. The number of nitrogens with zero attached hydrogens (tertiary/aromatic N) is 2. The summed E-state index contributed by atoms with van der Waals surface area (Å²) < 4.78 is 1.34. The molecule has 1 aromatic carbocycles. The first-order chi connectivity index (χ1) is 10.2. The summed E-state index contributed by atoms with van der Waals surface area (Å²) >= 11 is 1.80. The van der Waals surface area contributed by atoms with E-state index < -0.39 is 0 Å². The molecule has 0 unspecified atom stereocenters. The smallest absolute Gasteiger partial charge is 0.239 e. The highest BCUT2D eigenvalue weighted by Crippen LogP contribution is 2.30. The summed E-state index contributed by atoms with van der Waals surface area (Å²) in [5.74, 6) is 0.322. The average Bonchev–Trinajstić information content (AvgIpc) is 3.12. The summed E-state index contributed by atoms with van der Waals surface area (Å²) in [7, 11) is 0. The van der Waals surface area contributed by atoms with Gasteiger partial charge in [0.1, 0.15) is 0 Å². The molecule has 0 N–H and O–H groups in total. The number of piperazine rings is 1. The fraction of sp³-hybridized carbons (Fsp3) is 0.471. The first kappa shape index (κ1) is 13.3. The van der Waals surface area contributed by atoms with Crippen molar-refractivity contribution in [3.8, 4) is 0 Å². The van der Waals surface area contributed by atoms with Crippen molar-refractivity contribution in [1.82, 2.24) is 9.80 Å². The van der Waals surface area contributed by atoms with E-state index in [1.165, 1.54) is 28.5 Å². The van der Waals surface area contributed by atoms with E-state index in [0.717, 1.165) is 19.6 Å². The molecule has 2 aliphatic rings. The van der Waals surface area contributed by atoms with Gasteiger partial charge in [-0.05, 0) is 42.2 Å². The number of carbonyl (C=O) groups is 1. The zero-order chi connectivity index (χ0) is 14.4. The average molecular weight is 300 g/mol. The van der Waals surface area contributed by atoms with E-state index in [4.69, 9.17) is 0 Å². The van der Waals surface area contributed by atoms with Crippen LogP contribution in [0.1, 0.15) is 25.3 Å². The molecule has 4 heteroatoms. The third kappa shape index (κ3) is 2.17. The van der Waals surface area contributed by atoms with Gasteiger partial charge in [0, 0.05) is 30.4 Å². The zero-order valence-corrected chi connectivity index (χ0v) is 13.1.